The second-order valence-corrected chi connectivity index (χ2v) is 5.37. The van der Waals surface area contributed by atoms with E-state index >= 15 is 0 Å². The van der Waals surface area contributed by atoms with Crippen molar-refractivity contribution in [3.8, 4) is 0 Å². The number of aliphatic hydroxyl groups is 4. The van der Waals surface area contributed by atoms with Gasteiger partial charge in [0.1, 0.15) is 24.4 Å². The Kier molecular flexibility index (Phi) is 6.50. The van der Waals surface area contributed by atoms with Gasteiger partial charge in [-0.15, -0.1) is 0 Å². The van der Waals surface area contributed by atoms with E-state index in [1.54, 1.807) is 0 Å². The lowest BCUT2D eigenvalue weighted by Crippen LogP contribution is -2.59. The summed E-state index contributed by atoms with van der Waals surface area (Å²) in [5, 5.41) is 55.3. The first kappa shape index (κ1) is 19.0. The van der Waals surface area contributed by atoms with Crippen molar-refractivity contribution < 1.29 is 49.7 Å². The number of aliphatic hydroxyl groups excluding tert-OH is 4. The molecule has 128 valence electrons. The van der Waals surface area contributed by atoms with Gasteiger partial charge in [0.15, 0.2) is 6.29 Å². The summed E-state index contributed by atoms with van der Waals surface area (Å²) in [5.41, 5.74) is 0. The van der Waals surface area contributed by atoms with Crippen molar-refractivity contribution in [2.24, 2.45) is 0 Å². The predicted molar refractivity (Wildman–Crippen MR) is 68.2 cm³/mol. The summed E-state index contributed by atoms with van der Waals surface area (Å²) in [6.45, 7) is -1.18. The van der Waals surface area contributed by atoms with Crippen LogP contribution in [0.25, 0.3) is 0 Å². The number of halogens is 1. The number of hydrogen-bond donors (Lipinski definition) is 6. The zero-order chi connectivity index (χ0) is 17.1. The summed E-state index contributed by atoms with van der Waals surface area (Å²) in [6, 6.07) is 0. The molecule has 0 aromatic heterocycles. The molecule has 0 aromatic rings. The second-order valence-electron chi connectivity index (χ2n) is 4.73. The van der Waals surface area contributed by atoms with Crippen molar-refractivity contribution in [3.63, 3.8) is 0 Å². The van der Waals surface area contributed by atoms with Gasteiger partial charge in [0, 0.05) is 6.42 Å². The molecule has 22 heavy (non-hydrogen) atoms. The van der Waals surface area contributed by atoms with Crippen LogP contribution in [0.3, 0.4) is 0 Å². The Balaban J connectivity index is 2.63. The van der Waals surface area contributed by atoms with Crippen LogP contribution in [0.15, 0.2) is 0 Å². The van der Waals surface area contributed by atoms with Crippen LogP contribution < -0.4 is 0 Å². The fraction of sp³-hybridized carbons (Fsp3) is 0.818. The Hall–Kier alpha value is -1.01. The van der Waals surface area contributed by atoms with E-state index in [-0.39, 0.29) is 0 Å². The molecule has 0 amide bonds. The van der Waals surface area contributed by atoms with Crippen LogP contribution in [0.2, 0.25) is 0 Å². The Labute approximate surface area is 129 Å². The smallest absolute Gasteiger partial charge is 0.336 e. The fourth-order valence-corrected chi connectivity index (χ4v) is 1.90. The standard InChI is InChI=1S/C11H17ClO10/c12-11(9(17)18,10(19)20)1-2-21-8-7(16)6(15)5(14)4(3-13)22-8/h4-8,13-16H,1-3H2,(H,17,18)(H,19,20). The van der Waals surface area contributed by atoms with E-state index in [1.807, 2.05) is 0 Å². The zero-order valence-corrected chi connectivity index (χ0v) is 12.0. The molecule has 0 bridgehead atoms. The van der Waals surface area contributed by atoms with Crippen LogP contribution >= 0.6 is 11.6 Å². The average molecular weight is 345 g/mol. The first-order chi connectivity index (χ1) is 10.1. The van der Waals surface area contributed by atoms with Gasteiger partial charge in [-0.3, -0.25) is 0 Å². The van der Waals surface area contributed by atoms with E-state index in [9.17, 15) is 24.9 Å². The van der Waals surface area contributed by atoms with Gasteiger partial charge in [-0.05, 0) is 0 Å². The quantitative estimate of drug-likeness (QED) is 0.211. The molecule has 6 N–H and O–H groups in total. The monoisotopic (exact) mass is 344 g/mol. The molecule has 0 radical (unpaired) electrons. The normalized spacial score (nSPS) is 32.7. The predicted octanol–water partition coefficient (Wildman–Crippen LogP) is -2.66. The number of carbonyl (C=O) groups is 2. The molecule has 1 aliphatic heterocycles. The third-order valence-electron chi connectivity index (χ3n) is 3.26. The number of rotatable bonds is 7. The molecule has 1 saturated heterocycles. The van der Waals surface area contributed by atoms with Crippen molar-refractivity contribution in [2.75, 3.05) is 13.2 Å². The average Bonchev–Trinajstić information content (AvgIpc) is 2.46. The summed E-state index contributed by atoms with van der Waals surface area (Å²) < 4.78 is 9.97. The molecule has 0 aliphatic carbocycles. The lowest BCUT2D eigenvalue weighted by molar-refractivity contribution is -0.301. The first-order valence-corrected chi connectivity index (χ1v) is 6.60. The Morgan fingerprint density at radius 2 is 1.64 bits per heavy atom. The van der Waals surface area contributed by atoms with Crippen LogP contribution in [0.1, 0.15) is 6.42 Å². The minimum Gasteiger partial charge on any atom is -0.479 e. The third kappa shape index (κ3) is 3.84. The van der Waals surface area contributed by atoms with Gasteiger partial charge >= 0.3 is 11.9 Å². The largest absolute Gasteiger partial charge is 0.479 e. The molecule has 0 saturated carbocycles. The molecule has 10 nitrogen and oxygen atoms in total. The van der Waals surface area contributed by atoms with E-state index < -0.39 is 67.2 Å². The lowest BCUT2D eigenvalue weighted by atomic mass is 9.99. The highest BCUT2D eigenvalue weighted by Gasteiger charge is 2.47. The van der Waals surface area contributed by atoms with Crippen molar-refractivity contribution in [3.05, 3.63) is 0 Å². The van der Waals surface area contributed by atoms with Gasteiger partial charge in [0.2, 0.25) is 4.87 Å². The molecule has 1 fully saturated rings. The van der Waals surface area contributed by atoms with E-state index in [4.69, 9.17) is 36.4 Å². The molecular formula is C11H17ClO10. The molecule has 5 atom stereocenters. The van der Waals surface area contributed by atoms with E-state index in [0.29, 0.717) is 0 Å². The molecule has 1 heterocycles. The van der Waals surface area contributed by atoms with Crippen molar-refractivity contribution in [2.45, 2.75) is 42.0 Å². The van der Waals surface area contributed by atoms with Crippen molar-refractivity contribution in [1.82, 2.24) is 0 Å². The second kappa shape index (κ2) is 7.51. The number of alkyl halides is 1. The highest BCUT2D eigenvalue weighted by atomic mass is 35.5. The Bertz CT molecular complexity index is 400. The summed E-state index contributed by atoms with van der Waals surface area (Å²) in [5.74, 6) is -3.56. The summed E-state index contributed by atoms with van der Waals surface area (Å²) in [6.07, 6.45) is -8.21. The number of ether oxygens (including phenoxy) is 2. The number of hydrogen-bond acceptors (Lipinski definition) is 8. The number of carboxylic acids is 2. The van der Waals surface area contributed by atoms with Crippen LogP contribution in [-0.2, 0) is 19.1 Å². The number of aliphatic carboxylic acids is 2. The SMILES string of the molecule is O=C(O)C(Cl)(CCOC1OC(CO)C(O)C(O)C1O)C(=O)O. The lowest BCUT2D eigenvalue weighted by Gasteiger charge is -2.39. The van der Waals surface area contributed by atoms with Gasteiger partial charge in [-0.2, -0.15) is 0 Å². The van der Waals surface area contributed by atoms with Crippen LogP contribution in [-0.4, -0.2) is 91.4 Å². The molecule has 5 unspecified atom stereocenters. The first-order valence-electron chi connectivity index (χ1n) is 6.23. The van der Waals surface area contributed by atoms with Gasteiger partial charge < -0.3 is 40.1 Å². The topological polar surface area (TPSA) is 174 Å². The van der Waals surface area contributed by atoms with E-state index in [2.05, 4.69) is 0 Å². The van der Waals surface area contributed by atoms with E-state index in [1.165, 1.54) is 0 Å². The molecule has 1 rings (SSSR count). The van der Waals surface area contributed by atoms with Gasteiger partial charge in [0.05, 0.1) is 13.2 Å². The van der Waals surface area contributed by atoms with Gasteiger partial charge in [-0.25, -0.2) is 9.59 Å². The Morgan fingerprint density at radius 3 is 2.09 bits per heavy atom. The van der Waals surface area contributed by atoms with Crippen LogP contribution in [0, 0.1) is 0 Å². The van der Waals surface area contributed by atoms with Gasteiger partial charge in [-0.1, -0.05) is 11.6 Å². The minimum absolute atomic E-state index is 0.523. The van der Waals surface area contributed by atoms with Crippen molar-refractivity contribution >= 4 is 23.5 Å². The van der Waals surface area contributed by atoms with Crippen molar-refractivity contribution in [1.29, 1.82) is 0 Å². The Morgan fingerprint density at radius 1 is 1.09 bits per heavy atom. The summed E-state index contributed by atoms with van der Waals surface area (Å²) >= 11 is 5.46. The summed E-state index contributed by atoms with van der Waals surface area (Å²) in [4.78, 5) is 19.1. The molecule has 0 aromatic carbocycles. The van der Waals surface area contributed by atoms with E-state index in [0.717, 1.165) is 0 Å². The fourth-order valence-electron chi connectivity index (χ4n) is 1.83. The highest BCUT2D eigenvalue weighted by molar-refractivity contribution is 6.44. The molecule has 11 heteroatoms. The third-order valence-corrected chi connectivity index (χ3v) is 3.77. The minimum atomic E-state index is -2.60. The van der Waals surface area contributed by atoms with Crippen LogP contribution in [0.4, 0.5) is 0 Å². The maximum atomic E-state index is 10.8. The summed E-state index contributed by atoms with van der Waals surface area (Å²) in [7, 11) is 0. The molecular weight excluding hydrogens is 328 g/mol. The maximum Gasteiger partial charge on any atom is 0.336 e. The van der Waals surface area contributed by atoms with Crippen LogP contribution in [0.5, 0.6) is 0 Å². The van der Waals surface area contributed by atoms with Gasteiger partial charge in [0.25, 0.3) is 0 Å². The highest BCUT2D eigenvalue weighted by Crippen LogP contribution is 2.25. The zero-order valence-electron chi connectivity index (χ0n) is 11.2. The molecule has 0 spiro atoms. The number of carboxylic acid groups (broad SMARTS) is 2. The molecule has 1 aliphatic rings. The maximum absolute atomic E-state index is 10.8.